The first-order chi connectivity index (χ1) is 13.2. The second-order valence-corrected chi connectivity index (χ2v) is 7.66. The fourth-order valence-electron chi connectivity index (χ4n) is 3.53. The number of ether oxygens (including phenoxy) is 2. The van der Waals surface area contributed by atoms with E-state index >= 15 is 0 Å². The summed E-state index contributed by atoms with van der Waals surface area (Å²) < 4.78 is 38.4. The van der Waals surface area contributed by atoms with E-state index in [2.05, 4.69) is 10.3 Å². The molecule has 7 heteroatoms. The molecule has 1 unspecified atom stereocenters. The molecule has 0 bridgehead atoms. The van der Waals surface area contributed by atoms with Gasteiger partial charge < -0.3 is 14.8 Å². The molecule has 2 aromatic rings. The number of amides is 1. The van der Waals surface area contributed by atoms with E-state index in [1.165, 1.54) is 0 Å². The molecule has 0 aromatic heterocycles. The lowest BCUT2D eigenvalue weighted by Crippen LogP contribution is -2.35. The Labute approximate surface area is 161 Å². The van der Waals surface area contributed by atoms with E-state index in [0.29, 0.717) is 28.6 Å². The minimum Gasteiger partial charge on any atom is -0.483 e. The zero-order valence-corrected chi connectivity index (χ0v) is 15.8. The molecule has 146 valence electrons. The van der Waals surface area contributed by atoms with Gasteiger partial charge in [-0.3, -0.25) is 4.79 Å². The first-order valence-corrected chi connectivity index (χ1v) is 9.04. The van der Waals surface area contributed by atoms with Crippen molar-refractivity contribution in [2.75, 3.05) is 6.61 Å². The highest BCUT2D eigenvalue weighted by Crippen LogP contribution is 2.41. The van der Waals surface area contributed by atoms with Gasteiger partial charge in [0.1, 0.15) is 11.4 Å². The Balaban J connectivity index is 1.42. The Bertz CT molecular complexity index is 1000. The average molecular weight is 386 g/mol. The van der Waals surface area contributed by atoms with Crippen molar-refractivity contribution in [2.45, 2.75) is 38.7 Å². The van der Waals surface area contributed by atoms with Crippen molar-refractivity contribution in [2.24, 2.45) is 4.99 Å². The molecule has 0 radical (unpaired) electrons. The first kappa shape index (κ1) is 18.4. The summed E-state index contributed by atoms with van der Waals surface area (Å²) in [6.45, 7) is 5.52. The molecular weight excluding hydrogens is 366 g/mol. The van der Waals surface area contributed by atoms with Gasteiger partial charge in [0, 0.05) is 24.0 Å². The Morgan fingerprint density at radius 1 is 1.32 bits per heavy atom. The lowest BCUT2D eigenvalue weighted by atomic mass is 10.0. The Morgan fingerprint density at radius 2 is 2.07 bits per heavy atom. The minimum absolute atomic E-state index is 0.231. The number of carbonyl (C=O) groups excluding carboxylic acids is 1. The maximum absolute atomic E-state index is 13.5. The van der Waals surface area contributed by atoms with Gasteiger partial charge in [-0.05, 0) is 31.5 Å². The summed E-state index contributed by atoms with van der Waals surface area (Å²) >= 11 is 0. The van der Waals surface area contributed by atoms with Gasteiger partial charge in [0.15, 0.2) is 29.7 Å². The van der Waals surface area contributed by atoms with Crippen LogP contribution in [0.5, 0.6) is 11.5 Å². The van der Waals surface area contributed by atoms with Crippen molar-refractivity contribution in [3.05, 3.63) is 53.1 Å². The van der Waals surface area contributed by atoms with Gasteiger partial charge >= 0.3 is 0 Å². The lowest BCUT2D eigenvalue weighted by Gasteiger charge is -2.18. The molecule has 0 fully saturated rings. The zero-order chi connectivity index (χ0) is 20.1. The van der Waals surface area contributed by atoms with E-state index in [4.69, 9.17) is 9.47 Å². The average Bonchev–Trinajstić information content (AvgIpc) is 3.09. The van der Waals surface area contributed by atoms with Gasteiger partial charge in [0.05, 0.1) is 5.69 Å². The van der Waals surface area contributed by atoms with Crippen LogP contribution < -0.4 is 14.8 Å². The third-order valence-electron chi connectivity index (χ3n) is 4.87. The van der Waals surface area contributed by atoms with Gasteiger partial charge in [-0.25, -0.2) is 13.8 Å². The SMILES string of the molecule is CC1C(NC(=O)COc2cccc3c2OC(C)(C)C3)=Nc2cc(F)c(F)cc21. The molecular formula is C21H20F2N2O3. The van der Waals surface area contributed by atoms with Gasteiger partial charge in [-0.2, -0.15) is 0 Å². The number of nitrogens with zero attached hydrogens (tertiary/aromatic N) is 1. The highest BCUT2D eigenvalue weighted by atomic mass is 19.2. The summed E-state index contributed by atoms with van der Waals surface area (Å²) in [6, 6.07) is 7.73. The van der Waals surface area contributed by atoms with Crippen LogP contribution in [0.3, 0.4) is 0 Å². The second kappa shape index (κ2) is 6.58. The second-order valence-electron chi connectivity index (χ2n) is 7.66. The molecule has 2 aliphatic rings. The number of rotatable bonds is 3. The Hall–Kier alpha value is -2.96. The monoisotopic (exact) mass is 386 g/mol. The zero-order valence-electron chi connectivity index (χ0n) is 15.8. The van der Waals surface area contributed by atoms with E-state index in [9.17, 15) is 13.6 Å². The Kier molecular flexibility index (Phi) is 4.33. The number of carbonyl (C=O) groups is 1. The van der Waals surface area contributed by atoms with Crippen LogP contribution in [-0.4, -0.2) is 24.0 Å². The molecule has 0 aliphatic carbocycles. The molecule has 2 heterocycles. The van der Waals surface area contributed by atoms with Gasteiger partial charge in [-0.1, -0.05) is 19.1 Å². The smallest absolute Gasteiger partial charge is 0.263 e. The molecule has 0 spiro atoms. The normalized spacial score (nSPS) is 18.8. The number of halogens is 2. The maximum atomic E-state index is 13.5. The summed E-state index contributed by atoms with van der Waals surface area (Å²) in [5, 5.41) is 2.67. The third-order valence-corrected chi connectivity index (χ3v) is 4.87. The molecule has 0 saturated heterocycles. The topological polar surface area (TPSA) is 59.9 Å². The van der Waals surface area contributed by atoms with Crippen LogP contribution in [0.2, 0.25) is 0 Å². The molecule has 2 aromatic carbocycles. The lowest BCUT2D eigenvalue weighted by molar-refractivity contribution is -0.121. The number of fused-ring (bicyclic) bond motifs is 2. The standard InChI is InChI=1S/C21H20F2N2O3/c1-11-13-7-14(22)15(23)8-16(13)24-20(11)25-18(26)10-27-17-6-4-5-12-9-21(2,3)28-19(12)17/h4-8,11H,9-10H2,1-3H3,(H,24,25,26). The molecule has 1 atom stereocenters. The predicted molar refractivity (Wildman–Crippen MR) is 100 cm³/mol. The van der Waals surface area contributed by atoms with Crippen LogP contribution in [-0.2, 0) is 11.2 Å². The van der Waals surface area contributed by atoms with Crippen LogP contribution in [0.4, 0.5) is 14.5 Å². The highest BCUT2D eigenvalue weighted by Gasteiger charge is 2.32. The Morgan fingerprint density at radius 3 is 2.86 bits per heavy atom. The van der Waals surface area contributed by atoms with Gasteiger partial charge in [-0.15, -0.1) is 0 Å². The van der Waals surface area contributed by atoms with E-state index < -0.39 is 17.5 Å². The van der Waals surface area contributed by atoms with Gasteiger partial charge in [0.25, 0.3) is 5.91 Å². The molecule has 5 nitrogen and oxygen atoms in total. The fraction of sp³-hybridized carbons (Fsp3) is 0.333. The van der Waals surface area contributed by atoms with Crippen LogP contribution in [0.25, 0.3) is 0 Å². The number of para-hydroxylation sites is 1. The number of nitrogens with one attached hydrogen (secondary N) is 1. The van der Waals surface area contributed by atoms with Crippen molar-refractivity contribution in [3.63, 3.8) is 0 Å². The first-order valence-electron chi connectivity index (χ1n) is 9.04. The van der Waals surface area contributed by atoms with E-state index in [1.807, 2.05) is 26.0 Å². The molecule has 0 saturated carbocycles. The van der Waals surface area contributed by atoms with Crippen molar-refractivity contribution in [1.29, 1.82) is 0 Å². The number of benzene rings is 2. The van der Waals surface area contributed by atoms with E-state index in [1.54, 1.807) is 13.0 Å². The van der Waals surface area contributed by atoms with E-state index in [0.717, 1.165) is 24.1 Å². The van der Waals surface area contributed by atoms with Crippen LogP contribution in [0.15, 0.2) is 35.3 Å². The minimum atomic E-state index is -0.966. The van der Waals surface area contributed by atoms with E-state index in [-0.39, 0.29) is 18.1 Å². The van der Waals surface area contributed by atoms with Crippen molar-refractivity contribution in [3.8, 4) is 11.5 Å². The summed E-state index contributed by atoms with van der Waals surface area (Å²) in [4.78, 5) is 16.5. The molecule has 1 amide bonds. The number of hydrogen-bond acceptors (Lipinski definition) is 4. The predicted octanol–water partition coefficient (Wildman–Crippen LogP) is 4.02. The summed E-state index contributed by atoms with van der Waals surface area (Å²) in [5.41, 5.74) is 1.58. The van der Waals surface area contributed by atoms with Crippen molar-refractivity contribution < 1.29 is 23.0 Å². The van der Waals surface area contributed by atoms with Crippen LogP contribution in [0.1, 0.15) is 37.8 Å². The summed E-state index contributed by atoms with van der Waals surface area (Å²) in [6.07, 6.45) is 0.769. The van der Waals surface area contributed by atoms with Crippen molar-refractivity contribution in [1.82, 2.24) is 5.32 Å². The summed E-state index contributed by atoms with van der Waals surface area (Å²) in [7, 11) is 0. The summed E-state index contributed by atoms with van der Waals surface area (Å²) in [5.74, 6) is -1.15. The molecule has 1 N–H and O–H groups in total. The quantitative estimate of drug-likeness (QED) is 0.867. The highest BCUT2D eigenvalue weighted by molar-refractivity contribution is 6.05. The number of aliphatic imine (C=N–C) groups is 1. The third kappa shape index (κ3) is 3.32. The van der Waals surface area contributed by atoms with Gasteiger partial charge in [0.2, 0.25) is 0 Å². The van der Waals surface area contributed by atoms with Crippen molar-refractivity contribution >= 4 is 17.4 Å². The largest absolute Gasteiger partial charge is 0.483 e. The molecule has 2 aliphatic heterocycles. The number of amidine groups is 1. The maximum Gasteiger partial charge on any atom is 0.263 e. The number of hydrogen-bond donors (Lipinski definition) is 1. The fourth-order valence-corrected chi connectivity index (χ4v) is 3.53. The molecule has 28 heavy (non-hydrogen) atoms. The van der Waals surface area contributed by atoms with Crippen LogP contribution in [0, 0.1) is 11.6 Å². The van der Waals surface area contributed by atoms with Crippen LogP contribution >= 0.6 is 0 Å². The molecule has 4 rings (SSSR count).